The van der Waals surface area contributed by atoms with Crippen molar-refractivity contribution in [2.24, 2.45) is 17.8 Å². The highest BCUT2D eigenvalue weighted by atomic mass is 16.2. The van der Waals surface area contributed by atoms with E-state index in [2.05, 4.69) is 43.0 Å². The van der Waals surface area contributed by atoms with E-state index in [-0.39, 0.29) is 0 Å². The molecule has 1 aliphatic heterocycles. The minimum absolute atomic E-state index is 0.341. The Hall–Kier alpha value is -1.31. The SMILES string of the molecule is Cc1ccc(C[C@@H]2CCCN(C(=O)[C@H]3C[C@H]3C)C2)cc1. The third kappa shape index (κ3) is 3.05. The van der Waals surface area contributed by atoms with E-state index in [1.165, 1.54) is 24.0 Å². The number of benzene rings is 1. The zero-order valence-corrected chi connectivity index (χ0v) is 12.6. The summed E-state index contributed by atoms with van der Waals surface area (Å²) < 4.78 is 0. The molecule has 108 valence electrons. The van der Waals surface area contributed by atoms with E-state index >= 15 is 0 Å². The Morgan fingerprint density at radius 2 is 2.00 bits per heavy atom. The van der Waals surface area contributed by atoms with Crippen LogP contribution in [0, 0.1) is 24.7 Å². The van der Waals surface area contributed by atoms with E-state index in [0.717, 1.165) is 25.9 Å². The van der Waals surface area contributed by atoms with Crippen LogP contribution in [-0.4, -0.2) is 23.9 Å². The molecule has 1 amide bonds. The van der Waals surface area contributed by atoms with Gasteiger partial charge in [-0.15, -0.1) is 0 Å². The molecule has 1 saturated heterocycles. The Bertz CT molecular complexity index is 479. The average Bonchev–Trinajstić information content (AvgIpc) is 3.18. The van der Waals surface area contributed by atoms with Crippen LogP contribution in [0.15, 0.2) is 24.3 Å². The molecule has 20 heavy (non-hydrogen) atoms. The van der Waals surface area contributed by atoms with E-state index in [4.69, 9.17) is 0 Å². The van der Waals surface area contributed by atoms with Crippen LogP contribution in [0.2, 0.25) is 0 Å². The molecule has 1 aliphatic carbocycles. The molecule has 2 fully saturated rings. The van der Waals surface area contributed by atoms with E-state index in [0.29, 0.717) is 23.7 Å². The highest BCUT2D eigenvalue weighted by molar-refractivity contribution is 5.81. The third-order valence-electron chi connectivity index (χ3n) is 4.90. The average molecular weight is 271 g/mol. The maximum Gasteiger partial charge on any atom is 0.225 e. The summed E-state index contributed by atoms with van der Waals surface area (Å²) in [5.74, 6) is 2.03. The summed E-state index contributed by atoms with van der Waals surface area (Å²) in [7, 11) is 0. The lowest BCUT2D eigenvalue weighted by Gasteiger charge is -2.33. The van der Waals surface area contributed by atoms with Gasteiger partial charge in [0.1, 0.15) is 0 Å². The summed E-state index contributed by atoms with van der Waals surface area (Å²) in [5, 5.41) is 0. The quantitative estimate of drug-likeness (QED) is 0.824. The zero-order valence-electron chi connectivity index (χ0n) is 12.6. The largest absolute Gasteiger partial charge is 0.342 e. The number of aryl methyl sites for hydroxylation is 1. The summed E-state index contributed by atoms with van der Waals surface area (Å²) >= 11 is 0. The lowest BCUT2D eigenvalue weighted by molar-refractivity contribution is -0.134. The minimum atomic E-state index is 0.341. The first-order valence-corrected chi connectivity index (χ1v) is 7.98. The molecule has 1 aromatic rings. The molecular weight excluding hydrogens is 246 g/mol. The molecule has 2 heteroatoms. The monoisotopic (exact) mass is 271 g/mol. The van der Waals surface area contributed by atoms with Gasteiger partial charge in [-0.05, 0) is 50.0 Å². The maximum absolute atomic E-state index is 12.3. The van der Waals surface area contributed by atoms with Gasteiger partial charge in [0.05, 0.1) is 0 Å². The molecule has 1 saturated carbocycles. The van der Waals surface area contributed by atoms with Gasteiger partial charge in [-0.25, -0.2) is 0 Å². The number of hydrogen-bond acceptors (Lipinski definition) is 1. The van der Waals surface area contributed by atoms with Crippen LogP contribution in [0.1, 0.15) is 37.3 Å². The Labute approximate surface area is 122 Å². The maximum atomic E-state index is 12.3. The Balaban J connectivity index is 1.57. The van der Waals surface area contributed by atoms with Gasteiger partial charge in [0, 0.05) is 19.0 Å². The Morgan fingerprint density at radius 3 is 2.65 bits per heavy atom. The van der Waals surface area contributed by atoms with Crippen LogP contribution >= 0.6 is 0 Å². The Kier molecular flexibility index (Phi) is 3.82. The number of rotatable bonds is 3. The fourth-order valence-electron chi connectivity index (χ4n) is 3.39. The van der Waals surface area contributed by atoms with E-state index in [1.54, 1.807) is 0 Å². The van der Waals surface area contributed by atoms with Crippen molar-refractivity contribution in [3.05, 3.63) is 35.4 Å². The summed E-state index contributed by atoms with van der Waals surface area (Å²) in [4.78, 5) is 14.5. The molecule has 1 heterocycles. The second-order valence-corrected chi connectivity index (χ2v) is 6.80. The van der Waals surface area contributed by atoms with Crippen molar-refractivity contribution in [1.29, 1.82) is 0 Å². The molecule has 2 nitrogen and oxygen atoms in total. The van der Waals surface area contributed by atoms with Crippen molar-refractivity contribution >= 4 is 5.91 Å². The molecule has 0 radical (unpaired) electrons. The molecular formula is C18H25NO. The smallest absolute Gasteiger partial charge is 0.225 e. The van der Waals surface area contributed by atoms with Crippen LogP contribution in [0.5, 0.6) is 0 Å². The highest BCUT2D eigenvalue weighted by Gasteiger charge is 2.42. The fraction of sp³-hybridized carbons (Fsp3) is 0.611. The third-order valence-corrected chi connectivity index (χ3v) is 4.90. The molecule has 0 unspecified atom stereocenters. The van der Waals surface area contributed by atoms with Crippen LogP contribution in [0.25, 0.3) is 0 Å². The van der Waals surface area contributed by atoms with Crippen molar-refractivity contribution in [2.75, 3.05) is 13.1 Å². The number of likely N-dealkylation sites (tertiary alicyclic amines) is 1. The predicted octanol–water partition coefficient (Wildman–Crippen LogP) is 3.43. The van der Waals surface area contributed by atoms with Gasteiger partial charge in [0.25, 0.3) is 0 Å². The van der Waals surface area contributed by atoms with E-state index in [9.17, 15) is 4.79 Å². The minimum Gasteiger partial charge on any atom is -0.342 e. The molecule has 1 aromatic carbocycles. The standard InChI is InChI=1S/C18H25NO/c1-13-5-7-15(8-6-13)11-16-4-3-9-19(12-16)18(20)17-10-14(17)2/h5-8,14,16-17H,3-4,9-12H2,1-2H3/t14-,16+,17+/m1/s1. The van der Waals surface area contributed by atoms with Crippen molar-refractivity contribution in [1.82, 2.24) is 4.90 Å². The molecule has 3 rings (SSSR count). The predicted molar refractivity (Wildman–Crippen MR) is 81.5 cm³/mol. The summed E-state index contributed by atoms with van der Waals surface area (Å²) in [6, 6.07) is 8.85. The van der Waals surface area contributed by atoms with E-state index in [1.807, 2.05) is 0 Å². The van der Waals surface area contributed by atoms with Crippen molar-refractivity contribution in [3.63, 3.8) is 0 Å². The lowest BCUT2D eigenvalue weighted by atomic mass is 9.91. The molecule has 0 bridgehead atoms. The fourth-order valence-corrected chi connectivity index (χ4v) is 3.39. The van der Waals surface area contributed by atoms with Gasteiger partial charge >= 0.3 is 0 Å². The number of nitrogens with zero attached hydrogens (tertiary/aromatic N) is 1. The summed E-state index contributed by atoms with van der Waals surface area (Å²) in [6.07, 6.45) is 4.66. The van der Waals surface area contributed by atoms with Crippen molar-refractivity contribution in [3.8, 4) is 0 Å². The number of carbonyl (C=O) groups is 1. The topological polar surface area (TPSA) is 20.3 Å². The van der Waals surface area contributed by atoms with Crippen molar-refractivity contribution in [2.45, 2.75) is 39.5 Å². The summed E-state index contributed by atoms with van der Waals surface area (Å²) in [5.41, 5.74) is 2.73. The number of carbonyl (C=O) groups excluding carboxylic acids is 1. The second-order valence-electron chi connectivity index (χ2n) is 6.80. The van der Waals surface area contributed by atoms with Crippen LogP contribution < -0.4 is 0 Å². The van der Waals surface area contributed by atoms with Gasteiger partial charge in [-0.2, -0.15) is 0 Å². The lowest BCUT2D eigenvalue weighted by Crippen LogP contribution is -2.41. The summed E-state index contributed by atoms with van der Waals surface area (Å²) in [6.45, 7) is 6.26. The Morgan fingerprint density at radius 1 is 1.30 bits per heavy atom. The van der Waals surface area contributed by atoms with Crippen molar-refractivity contribution < 1.29 is 4.79 Å². The zero-order chi connectivity index (χ0) is 14.1. The van der Waals surface area contributed by atoms with Crippen LogP contribution in [-0.2, 0) is 11.2 Å². The number of amides is 1. The highest BCUT2D eigenvalue weighted by Crippen LogP contribution is 2.40. The van der Waals surface area contributed by atoms with Gasteiger partial charge < -0.3 is 4.90 Å². The normalized spacial score (nSPS) is 29.3. The molecule has 0 spiro atoms. The molecule has 0 aromatic heterocycles. The first-order chi connectivity index (χ1) is 9.63. The second kappa shape index (κ2) is 5.59. The molecule has 2 aliphatic rings. The van der Waals surface area contributed by atoms with Crippen LogP contribution in [0.3, 0.4) is 0 Å². The first kappa shape index (κ1) is 13.7. The molecule has 0 N–H and O–H groups in total. The number of piperidine rings is 1. The van der Waals surface area contributed by atoms with Gasteiger partial charge in [0.15, 0.2) is 0 Å². The number of hydrogen-bond donors (Lipinski definition) is 0. The van der Waals surface area contributed by atoms with E-state index < -0.39 is 0 Å². The van der Waals surface area contributed by atoms with Gasteiger partial charge in [-0.3, -0.25) is 4.79 Å². The first-order valence-electron chi connectivity index (χ1n) is 7.98. The van der Waals surface area contributed by atoms with Crippen LogP contribution in [0.4, 0.5) is 0 Å². The molecule has 3 atom stereocenters. The van der Waals surface area contributed by atoms with Gasteiger partial charge in [-0.1, -0.05) is 36.8 Å². The van der Waals surface area contributed by atoms with Gasteiger partial charge in [0.2, 0.25) is 5.91 Å².